The van der Waals surface area contributed by atoms with Crippen LogP contribution in [0.15, 0.2) is 34.9 Å². The summed E-state index contributed by atoms with van der Waals surface area (Å²) in [5.74, 6) is 1.57. The van der Waals surface area contributed by atoms with Gasteiger partial charge in [0.25, 0.3) is 0 Å². The van der Waals surface area contributed by atoms with E-state index in [4.69, 9.17) is 4.42 Å². The Morgan fingerprint density at radius 2 is 1.94 bits per heavy atom. The normalized spacial score (nSPS) is 12.6. The lowest BCUT2D eigenvalue weighted by molar-refractivity contribution is 0.429. The van der Waals surface area contributed by atoms with Crippen LogP contribution in [-0.4, -0.2) is 11.5 Å². The maximum atomic E-state index is 5.78. The van der Waals surface area contributed by atoms with Gasteiger partial charge in [0.2, 0.25) is 5.89 Å². The number of nitrogens with one attached hydrogen (secondary N) is 1. The Morgan fingerprint density at radius 3 is 2.56 bits per heavy atom. The molecule has 0 amide bonds. The fourth-order valence-electron chi connectivity index (χ4n) is 1.92. The van der Waals surface area contributed by atoms with Crippen LogP contribution in [0.5, 0.6) is 0 Å². The highest BCUT2D eigenvalue weighted by Crippen LogP contribution is 2.23. The maximum Gasteiger partial charge on any atom is 0.211 e. The van der Waals surface area contributed by atoms with Crippen LogP contribution in [0.2, 0.25) is 0 Å². The molecule has 0 aliphatic heterocycles. The van der Waals surface area contributed by atoms with E-state index in [1.165, 1.54) is 5.56 Å². The number of hydrogen-bond acceptors (Lipinski definition) is 3. The van der Waals surface area contributed by atoms with Crippen molar-refractivity contribution in [3.05, 3.63) is 41.9 Å². The quantitative estimate of drug-likeness (QED) is 0.873. The molecule has 1 heterocycles. The van der Waals surface area contributed by atoms with Gasteiger partial charge in [-0.05, 0) is 25.5 Å². The first-order valence-electron chi connectivity index (χ1n) is 6.53. The second-order valence-corrected chi connectivity index (χ2v) is 4.39. The Morgan fingerprint density at radius 1 is 1.22 bits per heavy atom. The average molecular weight is 244 g/mol. The van der Waals surface area contributed by atoms with Crippen LogP contribution in [0.3, 0.4) is 0 Å². The van der Waals surface area contributed by atoms with E-state index in [-0.39, 0.29) is 6.04 Å². The molecular weight excluding hydrogens is 224 g/mol. The standard InChI is InChI=1S/C15H20N2O/c1-4-12-6-8-13(9-7-12)14-10-17-15(18-14)11(3)16-5-2/h6-11,16H,4-5H2,1-3H3. The first kappa shape index (κ1) is 12.8. The maximum absolute atomic E-state index is 5.78. The van der Waals surface area contributed by atoms with Gasteiger partial charge in [-0.25, -0.2) is 4.98 Å². The zero-order valence-electron chi connectivity index (χ0n) is 11.2. The van der Waals surface area contributed by atoms with Gasteiger partial charge in [-0.3, -0.25) is 0 Å². The Balaban J connectivity index is 2.18. The smallest absolute Gasteiger partial charge is 0.211 e. The molecule has 2 aromatic rings. The van der Waals surface area contributed by atoms with Crippen molar-refractivity contribution < 1.29 is 4.42 Å². The lowest BCUT2D eigenvalue weighted by Crippen LogP contribution is -2.17. The minimum absolute atomic E-state index is 0.152. The van der Waals surface area contributed by atoms with E-state index in [2.05, 4.69) is 55.3 Å². The minimum Gasteiger partial charge on any atom is -0.439 e. The highest BCUT2D eigenvalue weighted by molar-refractivity contribution is 5.56. The lowest BCUT2D eigenvalue weighted by atomic mass is 10.1. The molecule has 2 rings (SSSR count). The largest absolute Gasteiger partial charge is 0.439 e. The monoisotopic (exact) mass is 244 g/mol. The fourth-order valence-corrected chi connectivity index (χ4v) is 1.92. The van der Waals surface area contributed by atoms with E-state index in [9.17, 15) is 0 Å². The van der Waals surface area contributed by atoms with Gasteiger partial charge in [-0.2, -0.15) is 0 Å². The van der Waals surface area contributed by atoms with Crippen LogP contribution in [0.1, 0.15) is 38.3 Å². The predicted molar refractivity (Wildman–Crippen MR) is 73.4 cm³/mol. The number of oxazole rings is 1. The molecule has 0 aliphatic rings. The van der Waals surface area contributed by atoms with Crippen LogP contribution < -0.4 is 5.32 Å². The second-order valence-electron chi connectivity index (χ2n) is 4.39. The average Bonchev–Trinajstić information content (AvgIpc) is 2.89. The van der Waals surface area contributed by atoms with Crippen molar-refractivity contribution in [2.45, 2.75) is 33.2 Å². The molecule has 3 nitrogen and oxygen atoms in total. The van der Waals surface area contributed by atoms with Crippen LogP contribution in [0, 0.1) is 0 Å². The summed E-state index contributed by atoms with van der Waals surface area (Å²) >= 11 is 0. The Labute approximate surface area is 108 Å². The van der Waals surface area contributed by atoms with Crippen molar-refractivity contribution in [2.75, 3.05) is 6.54 Å². The minimum atomic E-state index is 0.152. The van der Waals surface area contributed by atoms with Gasteiger partial charge in [0.15, 0.2) is 5.76 Å². The zero-order valence-corrected chi connectivity index (χ0v) is 11.2. The first-order chi connectivity index (χ1) is 8.74. The van der Waals surface area contributed by atoms with Gasteiger partial charge < -0.3 is 9.73 Å². The molecule has 0 fully saturated rings. The number of rotatable bonds is 5. The third-order valence-electron chi connectivity index (χ3n) is 3.05. The fraction of sp³-hybridized carbons (Fsp3) is 0.400. The molecule has 1 atom stereocenters. The molecule has 0 saturated heterocycles. The summed E-state index contributed by atoms with van der Waals surface area (Å²) in [6.45, 7) is 7.19. The molecule has 3 heteroatoms. The van der Waals surface area contributed by atoms with E-state index < -0.39 is 0 Å². The molecule has 0 radical (unpaired) electrons. The molecule has 1 aromatic carbocycles. The predicted octanol–water partition coefficient (Wildman–Crippen LogP) is 3.57. The summed E-state index contributed by atoms with van der Waals surface area (Å²) in [6, 6.07) is 8.58. The summed E-state index contributed by atoms with van der Waals surface area (Å²) in [7, 11) is 0. The van der Waals surface area contributed by atoms with Gasteiger partial charge in [0, 0.05) is 5.56 Å². The molecule has 18 heavy (non-hydrogen) atoms. The number of benzene rings is 1. The Bertz CT molecular complexity index is 487. The SMILES string of the molecule is CCNC(C)c1ncc(-c2ccc(CC)cc2)o1. The number of nitrogens with zero attached hydrogens (tertiary/aromatic N) is 1. The molecule has 96 valence electrons. The summed E-state index contributed by atoms with van der Waals surface area (Å²) in [4.78, 5) is 4.32. The van der Waals surface area contributed by atoms with Crippen LogP contribution in [-0.2, 0) is 6.42 Å². The third-order valence-corrected chi connectivity index (χ3v) is 3.05. The third kappa shape index (κ3) is 2.79. The number of aryl methyl sites for hydroxylation is 1. The lowest BCUT2D eigenvalue weighted by Gasteiger charge is -2.06. The molecule has 0 aliphatic carbocycles. The van der Waals surface area contributed by atoms with E-state index in [0.717, 1.165) is 30.2 Å². The molecule has 0 spiro atoms. The highest BCUT2D eigenvalue weighted by Gasteiger charge is 2.11. The van der Waals surface area contributed by atoms with Crippen LogP contribution >= 0.6 is 0 Å². The van der Waals surface area contributed by atoms with Crippen molar-refractivity contribution >= 4 is 0 Å². The molecular formula is C15H20N2O. The summed E-state index contributed by atoms with van der Waals surface area (Å²) < 4.78 is 5.78. The zero-order chi connectivity index (χ0) is 13.0. The van der Waals surface area contributed by atoms with Gasteiger partial charge in [-0.15, -0.1) is 0 Å². The van der Waals surface area contributed by atoms with Gasteiger partial charge >= 0.3 is 0 Å². The van der Waals surface area contributed by atoms with Crippen molar-refractivity contribution in [2.24, 2.45) is 0 Å². The van der Waals surface area contributed by atoms with Crippen molar-refractivity contribution in [3.63, 3.8) is 0 Å². The number of hydrogen-bond donors (Lipinski definition) is 1. The van der Waals surface area contributed by atoms with E-state index >= 15 is 0 Å². The van der Waals surface area contributed by atoms with E-state index in [1.807, 2.05) is 0 Å². The van der Waals surface area contributed by atoms with Crippen molar-refractivity contribution in [1.82, 2.24) is 10.3 Å². The van der Waals surface area contributed by atoms with Crippen LogP contribution in [0.4, 0.5) is 0 Å². The molecule has 1 aromatic heterocycles. The van der Waals surface area contributed by atoms with Crippen molar-refractivity contribution in [1.29, 1.82) is 0 Å². The van der Waals surface area contributed by atoms with Gasteiger partial charge in [0.05, 0.1) is 12.2 Å². The van der Waals surface area contributed by atoms with Gasteiger partial charge in [0.1, 0.15) is 0 Å². The topological polar surface area (TPSA) is 38.1 Å². The summed E-state index contributed by atoms with van der Waals surface area (Å²) in [5.41, 5.74) is 2.41. The summed E-state index contributed by atoms with van der Waals surface area (Å²) in [6.07, 6.45) is 2.85. The molecule has 1 unspecified atom stereocenters. The Hall–Kier alpha value is -1.61. The van der Waals surface area contributed by atoms with E-state index in [0.29, 0.717) is 0 Å². The second kappa shape index (κ2) is 5.83. The van der Waals surface area contributed by atoms with E-state index in [1.54, 1.807) is 6.20 Å². The molecule has 1 N–H and O–H groups in total. The number of aromatic nitrogens is 1. The van der Waals surface area contributed by atoms with Gasteiger partial charge in [-0.1, -0.05) is 38.1 Å². The van der Waals surface area contributed by atoms with Crippen molar-refractivity contribution in [3.8, 4) is 11.3 Å². The Kier molecular flexibility index (Phi) is 4.15. The molecule has 0 bridgehead atoms. The molecule has 0 saturated carbocycles. The summed E-state index contributed by atoms with van der Waals surface area (Å²) in [5, 5.41) is 3.29. The van der Waals surface area contributed by atoms with Crippen LogP contribution in [0.25, 0.3) is 11.3 Å². The highest BCUT2D eigenvalue weighted by atomic mass is 16.4. The first-order valence-corrected chi connectivity index (χ1v) is 6.53.